The van der Waals surface area contributed by atoms with E-state index in [4.69, 9.17) is 34.8 Å². The molecule has 0 aliphatic heterocycles. The Morgan fingerprint density at radius 1 is 0.576 bits per heavy atom. The van der Waals surface area contributed by atoms with E-state index in [-0.39, 0.29) is 9.80 Å². The molecule has 0 bridgehead atoms. The lowest BCUT2D eigenvalue weighted by Crippen LogP contribution is -2.06. The van der Waals surface area contributed by atoms with Crippen molar-refractivity contribution in [3.63, 3.8) is 0 Å². The average Bonchev–Trinajstić information content (AvgIpc) is 2.82. The van der Waals surface area contributed by atoms with Crippen LogP contribution in [0.2, 0.25) is 15.1 Å². The van der Waals surface area contributed by atoms with Crippen molar-refractivity contribution < 1.29 is 8.42 Å². The van der Waals surface area contributed by atoms with Crippen LogP contribution in [0.3, 0.4) is 0 Å². The molecular formula is C26H17Cl3O2S2. The van der Waals surface area contributed by atoms with Crippen LogP contribution in [-0.4, -0.2) is 8.42 Å². The van der Waals surface area contributed by atoms with Gasteiger partial charge in [0, 0.05) is 24.9 Å². The van der Waals surface area contributed by atoms with Crippen LogP contribution in [0.4, 0.5) is 0 Å². The lowest BCUT2D eigenvalue weighted by molar-refractivity contribution is 0.606. The van der Waals surface area contributed by atoms with Crippen molar-refractivity contribution in [2.75, 3.05) is 0 Å². The summed E-state index contributed by atoms with van der Waals surface area (Å²) in [5, 5.41) is 1.59. The topological polar surface area (TPSA) is 34.1 Å². The molecule has 0 spiro atoms. The SMILES string of the molecule is O=S(=O)(/C(=C(/Sc1ccc(Cl)cc1)c1ccccc1)c1ccc(Cl)cc1)c1ccc(Cl)cc1. The maximum Gasteiger partial charge on any atom is 0.208 e. The van der Waals surface area contributed by atoms with Gasteiger partial charge in [-0.25, -0.2) is 8.42 Å². The minimum Gasteiger partial charge on any atom is -0.218 e. The van der Waals surface area contributed by atoms with E-state index in [2.05, 4.69) is 0 Å². The van der Waals surface area contributed by atoms with Gasteiger partial charge in [0.05, 0.1) is 9.80 Å². The summed E-state index contributed by atoms with van der Waals surface area (Å²) in [6.45, 7) is 0. The van der Waals surface area contributed by atoms with Crippen molar-refractivity contribution >= 4 is 66.2 Å². The van der Waals surface area contributed by atoms with Crippen molar-refractivity contribution in [2.24, 2.45) is 0 Å². The highest BCUT2D eigenvalue weighted by atomic mass is 35.5. The molecule has 4 rings (SSSR count). The van der Waals surface area contributed by atoms with E-state index in [9.17, 15) is 8.42 Å². The number of benzene rings is 4. The Bertz CT molecular complexity index is 1380. The van der Waals surface area contributed by atoms with E-state index in [1.54, 1.807) is 48.5 Å². The second-order valence-corrected chi connectivity index (χ2v) is 11.3. The standard InChI is InChI=1S/C26H17Cl3O2S2/c27-20-8-6-19(7-9-20)26(33(30,31)24-16-12-22(29)13-17-24)25(18-4-2-1-3-5-18)32-23-14-10-21(28)11-15-23/h1-17H/b26-25+. The largest absolute Gasteiger partial charge is 0.218 e. The molecule has 0 aromatic heterocycles. The smallest absolute Gasteiger partial charge is 0.208 e. The highest BCUT2D eigenvalue weighted by Crippen LogP contribution is 2.44. The number of hydrogen-bond acceptors (Lipinski definition) is 3. The fourth-order valence-corrected chi connectivity index (χ4v) is 6.53. The molecule has 33 heavy (non-hydrogen) atoms. The lowest BCUT2D eigenvalue weighted by atomic mass is 10.1. The molecule has 0 heterocycles. The quantitative estimate of drug-likeness (QED) is 0.184. The first kappa shape index (κ1) is 23.9. The van der Waals surface area contributed by atoms with Gasteiger partial charge in [-0.2, -0.15) is 0 Å². The fraction of sp³-hybridized carbons (Fsp3) is 0. The Hall–Kier alpha value is -2.21. The average molecular weight is 532 g/mol. The maximum absolute atomic E-state index is 14.0. The molecule has 0 aliphatic rings. The molecular weight excluding hydrogens is 515 g/mol. The third-order valence-corrected chi connectivity index (χ3v) is 8.68. The Balaban J connectivity index is 2.02. The van der Waals surface area contributed by atoms with Crippen molar-refractivity contribution in [1.82, 2.24) is 0 Å². The predicted octanol–water partition coefficient (Wildman–Crippen LogP) is 8.74. The van der Waals surface area contributed by atoms with Gasteiger partial charge >= 0.3 is 0 Å². The Morgan fingerprint density at radius 3 is 1.61 bits per heavy atom. The molecule has 0 radical (unpaired) electrons. The Morgan fingerprint density at radius 2 is 1.06 bits per heavy atom. The van der Waals surface area contributed by atoms with Gasteiger partial charge in [0.2, 0.25) is 9.84 Å². The Labute approximate surface area is 212 Å². The van der Waals surface area contributed by atoms with Gasteiger partial charge in [-0.05, 0) is 71.8 Å². The molecule has 0 atom stereocenters. The van der Waals surface area contributed by atoms with Crippen LogP contribution in [0.15, 0.2) is 113 Å². The van der Waals surface area contributed by atoms with Crippen LogP contribution in [-0.2, 0) is 9.84 Å². The van der Waals surface area contributed by atoms with Crippen molar-refractivity contribution in [3.8, 4) is 0 Å². The molecule has 0 fully saturated rings. The first-order valence-electron chi connectivity index (χ1n) is 9.84. The zero-order valence-electron chi connectivity index (χ0n) is 17.1. The van der Waals surface area contributed by atoms with Crippen LogP contribution >= 0.6 is 46.6 Å². The van der Waals surface area contributed by atoms with Crippen molar-refractivity contribution in [3.05, 3.63) is 129 Å². The van der Waals surface area contributed by atoms with Gasteiger partial charge < -0.3 is 0 Å². The lowest BCUT2D eigenvalue weighted by Gasteiger charge is -2.17. The second kappa shape index (κ2) is 10.4. The third-order valence-electron chi connectivity index (χ3n) is 4.77. The summed E-state index contributed by atoms with van der Waals surface area (Å²) in [6.07, 6.45) is 0. The summed E-state index contributed by atoms with van der Waals surface area (Å²) in [5.74, 6) is 0. The van der Waals surface area contributed by atoms with Crippen LogP contribution in [0, 0.1) is 0 Å². The number of hydrogen-bond donors (Lipinski definition) is 0. The van der Waals surface area contributed by atoms with E-state index in [1.165, 1.54) is 23.9 Å². The molecule has 0 saturated carbocycles. The van der Waals surface area contributed by atoms with Gasteiger partial charge in [-0.3, -0.25) is 0 Å². The summed E-state index contributed by atoms with van der Waals surface area (Å²) in [4.78, 5) is 1.79. The van der Waals surface area contributed by atoms with Gasteiger partial charge in [-0.15, -0.1) is 0 Å². The number of sulfone groups is 1. The minimum atomic E-state index is -3.93. The molecule has 166 valence electrons. The molecule has 0 amide bonds. The summed E-state index contributed by atoms with van der Waals surface area (Å²) in [7, 11) is -3.93. The maximum atomic E-state index is 14.0. The number of rotatable bonds is 6. The minimum absolute atomic E-state index is 0.155. The van der Waals surface area contributed by atoms with Crippen molar-refractivity contribution in [1.29, 1.82) is 0 Å². The fourth-order valence-electron chi connectivity index (χ4n) is 3.19. The summed E-state index contributed by atoms with van der Waals surface area (Å²) < 4.78 is 28.0. The van der Waals surface area contributed by atoms with Gasteiger partial charge in [-0.1, -0.05) is 89.0 Å². The zero-order chi connectivity index (χ0) is 23.4. The van der Waals surface area contributed by atoms with E-state index in [0.717, 1.165) is 10.5 Å². The van der Waals surface area contributed by atoms with Gasteiger partial charge in [0.25, 0.3) is 0 Å². The molecule has 2 nitrogen and oxygen atoms in total. The van der Waals surface area contributed by atoms with Crippen LogP contribution in [0.5, 0.6) is 0 Å². The van der Waals surface area contributed by atoms with Gasteiger partial charge in [0.15, 0.2) is 0 Å². The first-order chi connectivity index (χ1) is 15.8. The Kier molecular flexibility index (Phi) is 7.52. The zero-order valence-corrected chi connectivity index (χ0v) is 21.0. The van der Waals surface area contributed by atoms with E-state index < -0.39 is 9.84 Å². The van der Waals surface area contributed by atoms with Crippen LogP contribution in [0.25, 0.3) is 9.81 Å². The van der Waals surface area contributed by atoms with Crippen LogP contribution in [0.1, 0.15) is 11.1 Å². The number of thioether (sulfide) groups is 1. The number of halogens is 3. The van der Waals surface area contributed by atoms with E-state index in [0.29, 0.717) is 25.5 Å². The molecule has 4 aromatic carbocycles. The predicted molar refractivity (Wildman–Crippen MR) is 141 cm³/mol. The monoisotopic (exact) mass is 530 g/mol. The molecule has 0 unspecified atom stereocenters. The van der Waals surface area contributed by atoms with Crippen LogP contribution < -0.4 is 0 Å². The highest BCUT2D eigenvalue weighted by Gasteiger charge is 2.28. The molecule has 0 aliphatic carbocycles. The second-order valence-electron chi connectivity index (χ2n) is 7.04. The normalized spacial score (nSPS) is 12.3. The van der Waals surface area contributed by atoms with E-state index >= 15 is 0 Å². The highest BCUT2D eigenvalue weighted by molar-refractivity contribution is 8.11. The summed E-state index contributed by atoms with van der Waals surface area (Å²) in [5.41, 5.74) is 1.31. The van der Waals surface area contributed by atoms with E-state index in [1.807, 2.05) is 42.5 Å². The summed E-state index contributed by atoms with van der Waals surface area (Å²) >= 11 is 19.6. The molecule has 7 heteroatoms. The van der Waals surface area contributed by atoms with Gasteiger partial charge in [0.1, 0.15) is 0 Å². The molecule has 0 N–H and O–H groups in total. The summed E-state index contributed by atoms with van der Waals surface area (Å²) in [6, 6.07) is 29.7. The van der Waals surface area contributed by atoms with Crippen molar-refractivity contribution in [2.45, 2.75) is 9.79 Å². The first-order valence-corrected chi connectivity index (χ1v) is 13.3. The molecule has 4 aromatic rings. The molecule has 0 saturated heterocycles. The third kappa shape index (κ3) is 5.65.